The van der Waals surface area contributed by atoms with Crippen LogP contribution in [-0.4, -0.2) is 23.6 Å². The Labute approximate surface area is 251 Å². The molecule has 4 atom stereocenters. The predicted octanol–water partition coefficient (Wildman–Crippen LogP) is 8.59. The summed E-state index contributed by atoms with van der Waals surface area (Å²) in [5.74, 6) is 0.593. The summed E-state index contributed by atoms with van der Waals surface area (Å²) in [5.41, 5.74) is 3.94. The van der Waals surface area contributed by atoms with Crippen LogP contribution in [-0.2, 0) is 15.1 Å². The number of ketones is 1. The van der Waals surface area contributed by atoms with Crippen molar-refractivity contribution in [2.75, 3.05) is 6.61 Å². The molecule has 42 heavy (non-hydrogen) atoms. The van der Waals surface area contributed by atoms with Crippen LogP contribution in [0, 0.1) is 16.7 Å². The maximum absolute atomic E-state index is 13.1. The van der Waals surface area contributed by atoms with Gasteiger partial charge in [-0.25, -0.2) is 0 Å². The van der Waals surface area contributed by atoms with Crippen LogP contribution in [0.2, 0.25) is 0 Å². The van der Waals surface area contributed by atoms with Gasteiger partial charge in [-0.3, -0.25) is 4.79 Å². The highest BCUT2D eigenvalue weighted by Gasteiger charge is 2.52. The van der Waals surface area contributed by atoms with Crippen LogP contribution < -0.4 is 0 Å². The molecule has 1 saturated carbocycles. The summed E-state index contributed by atoms with van der Waals surface area (Å²) in [6.07, 6.45) is 4.61. The molecule has 5 rings (SSSR count). The van der Waals surface area contributed by atoms with Gasteiger partial charge < -0.3 is 9.84 Å². The Morgan fingerprint density at radius 1 is 0.976 bits per heavy atom. The smallest absolute Gasteiger partial charge is 0.159 e. The van der Waals surface area contributed by atoms with Gasteiger partial charge in [-0.2, -0.15) is 0 Å². The van der Waals surface area contributed by atoms with Gasteiger partial charge in [-0.15, -0.1) is 6.58 Å². The van der Waals surface area contributed by atoms with E-state index in [9.17, 15) is 9.90 Å². The lowest BCUT2D eigenvalue weighted by molar-refractivity contribution is -0.114. The summed E-state index contributed by atoms with van der Waals surface area (Å²) < 4.78 is 7.04. The van der Waals surface area contributed by atoms with Crippen molar-refractivity contribution in [3.05, 3.63) is 144 Å². The van der Waals surface area contributed by atoms with Crippen molar-refractivity contribution in [1.29, 1.82) is 0 Å². The summed E-state index contributed by atoms with van der Waals surface area (Å²) in [4.78, 5) is 13.1. The van der Waals surface area contributed by atoms with Crippen LogP contribution in [0.4, 0.5) is 0 Å². The molecule has 0 heterocycles. The number of Topliss-reactive ketones (excluding diaryl/α,β-unsaturated/α-hetero) is 1. The molecule has 0 saturated heterocycles. The minimum Gasteiger partial charge on any atom is -0.388 e. The molecular weight excluding hydrogens is 516 g/mol. The van der Waals surface area contributed by atoms with Crippen LogP contribution in [0.15, 0.2) is 127 Å². The lowest BCUT2D eigenvalue weighted by Crippen LogP contribution is -2.42. The maximum atomic E-state index is 13.1. The third-order valence-corrected chi connectivity index (χ3v) is 10.2. The molecule has 218 valence electrons. The molecule has 3 aromatic rings. The molecule has 4 unspecified atom stereocenters. The quantitative estimate of drug-likeness (QED) is 0.189. The molecule has 2 aliphatic carbocycles. The Balaban J connectivity index is 1.47. The molecule has 3 nitrogen and oxygen atoms in total. The van der Waals surface area contributed by atoms with Crippen LogP contribution >= 0.6 is 0 Å². The van der Waals surface area contributed by atoms with E-state index in [-0.39, 0.29) is 5.78 Å². The summed E-state index contributed by atoms with van der Waals surface area (Å²) in [7, 11) is 0. The van der Waals surface area contributed by atoms with E-state index in [1.807, 2.05) is 67.6 Å². The molecule has 0 amide bonds. The molecule has 0 aromatic heterocycles. The summed E-state index contributed by atoms with van der Waals surface area (Å²) in [6, 6.07) is 31.0. The molecule has 0 spiro atoms. The second kappa shape index (κ2) is 12.0. The minimum atomic E-state index is -0.861. The maximum Gasteiger partial charge on any atom is 0.159 e. The van der Waals surface area contributed by atoms with Crippen LogP contribution in [0.3, 0.4) is 0 Å². The number of benzene rings is 3. The number of carbonyl (C=O) groups is 1. The van der Waals surface area contributed by atoms with E-state index >= 15 is 0 Å². The number of aliphatic hydroxyl groups excluding tert-OH is 1. The van der Waals surface area contributed by atoms with Gasteiger partial charge in [-0.05, 0) is 60.8 Å². The summed E-state index contributed by atoms with van der Waals surface area (Å²) >= 11 is 0. The van der Waals surface area contributed by atoms with E-state index < -0.39 is 22.5 Å². The van der Waals surface area contributed by atoms with Crippen LogP contribution in [0.1, 0.15) is 69.6 Å². The minimum absolute atomic E-state index is 0.217. The number of hydrogen-bond acceptors (Lipinski definition) is 3. The predicted molar refractivity (Wildman–Crippen MR) is 171 cm³/mol. The first kappa shape index (κ1) is 29.9. The first-order valence-electron chi connectivity index (χ1n) is 15.3. The summed E-state index contributed by atoms with van der Waals surface area (Å²) in [6.45, 7) is 15.3. The summed E-state index contributed by atoms with van der Waals surface area (Å²) in [5, 5.41) is 12.0. The molecule has 0 aliphatic heterocycles. The van der Waals surface area contributed by atoms with Gasteiger partial charge in [0.05, 0.1) is 6.10 Å². The number of carbonyl (C=O) groups excluding carboxylic acids is 1. The zero-order chi connectivity index (χ0) is 30.0. The van der Waals surface area contributed by atoms with Gasteiger partial charge in [0.25, 0.3) is 0 Å². The third kappa shape index (κ3) is 5.03. The second-order valence-corrected chi connectivity index (χ2v) is 12.5. The zero-order valence-electron chi connectivity index (χ0n) is 25.3. The first-order valence-corrected chi connectivity index (χ1v) is 15.3. The normalized spacial score (nSPS) is 22.8. The average molecular weight is 561 g/mol. The Morgan fingerprint density at radius 3 is 1.95 bits per heavy atom. The van der Waals surface area contributed by atoms with Crippen molar-refractivity contribution in [3.8, 4) is 0 Å². The Morgan fingerprint density at radius 2 is 1.48 bits per heavy atom. The van der Waals surface area contributed by atoms with E-state index in [0.29, 0.717) is 25.4 Å². The van der Waals surface area contributed by atoms with Crippen molar-refractivity contribution in [2.45, 2.75) is 64.6 Å². The molecular formula is C39H44O3. The Bertz CT molecular complexity index is 1360. The van der Waals surface area contributed by atoms with Crippen molar-refractivity contribution < 1.29 is 14.6 Å². The standard InChI is InChI=1S/C39H44O3/c1-6-37(5,36(41)30(4)38-24-22-28(2)29(3)35(38)34(40)23-25-38)26-27-42-39(31-16-10-7-11-17-31,32-18-12-8-13-19-32)33-20-14-9-15-21-33/h6-21,28,36,41H,1,4,22-27H2,2-3,5H3. The molecule has 3 aromatic carbocycles. The molecule has 1 fully saturated rings. The highest BCUT2D eigenvalue weighted by atomic mass is 16.5. The topological polar surface area (TPSA) is 46.5 Å². The van der Waals surface area contributed by atoms with Crippen LogP contribution in [0.5, 0.6) is 0 Å². The molecule has 1 N–H and O–H groups in total. The fraction of sp³-hybridized carbons (Fsp3) is 0.359. The largest absolute Gasteiger partial charge is 0.388 e. The average Bonchev–Trinajstić information content (AvgIpc) is 3.39. The first-order chi connectivity index (χ1) is 20.2. The van der Waals surface area contributed by atoms with Crippen LogP contribution in [0.25, 0.3) is 0 Å². The van der Waals surface area contributed by atoms with Gasteiger partial charge >= 0.3 is 0 Å². The van der Waals surface area contributed by atoms with Crippen molar-refractivity contribution in [2.24, 2.45) is 16.7 Å². The molecule has 3 heteroatoms. The van der Waals surface area contributed by atoms with Gasteiger partial charge in [-0.1, -0.05) is 123 Å². The van der Waals surface area contributed by atoms with E-state index in [2.05, 4.69) is 63.4 Å². The molecule has 0 bridgehead atoms. The van der Waals surface area contributed by atoms with E-state index in [1.54, 1.807) is 0 Å². The highest BCUT2D eigenvalue weighted by Crippen LogP contribution is 2.57. The van der Waals surface area contributed by atoms with Gasteiger partial charge in [0, 0.05) is 29.4 Å². The Kier molecular flexibility index (Phi) is 8.55. The highest BCUT2D eigenvalue weighted by molar-refractivity contribution is 6.01. The van der Waals surface area contributed by atoms with Crippen molar-refractivity contribution in [3.63, 3.8) is 0 Å². The lowest BCUT2D eigenvalue weighted by Gasteiger charge is -2.45. The van der Waals surface area contributed by atoms with Crippen molar-refractivity contribution in [1.82, 2.24) is 0 Å². The Hall–Kier alpha value is -3.53. The molecule has 0 radical (unpaired) electrons. The SMILES string of the molecule is C=CC(C)(CCOC(c1ccccc1)(c1ccccc1)c1ccccc1)C(O)C(=C)C12CCC(=O)C1=C(C)C(C)CC2. The number of hydrogen-bond donors (Lipinski definition) is 1. The number of ether oxygens (including phenoxy) is 1. The lowest BCUT2D eigenvalue weighted by atomic mass is 9.61. The second-order valence-electron chi connectivity index (χ2n) is 12.5. The van der Waals surface area contributed by atoms with Gasteiger partial charge in [0.1, 0.15) is 5.60 Å². The van der Waals surface area contributed by atoms with Crippen molar-refractivity contribution >= 4 is 5.78 Å². The fourth-order valence-corrected chi connectivity index (χ4v) is 7.30. The van der Waals surface area contributed by atoms with E-state index in [4.69, 9.17) is 4.74 Å². The van der Waals surface area contributed by atoms with Gasteiger partial charge in [0.15, 0.2) is 5.78 Å². The van der Waals surface area contributed by atoms with E-state index in [0.717, 1.165) is 47.1 Å². The monoisotopic (exact) mass is 560 g/mol. The third-order valence-electron chi connectivity index (χ3n) is 10.2. The van der Waals surface area contributed by atoms with E-state index in [1.165, 1.54) is 5.57 Å². The number of rotatable bonds is 11. The fourth-order valence-electron chi connectivity index (χ4n) is 7.30. The molecule has 2 aliphatic rings. The van der Waals surface area contributed by atoms with Gasteiger partial charge in [0.2, 0.25) is 0 Å². The number of aliphatic hydroxyl groups is 1. The number of fused-ring (bicyclic) bond motifs is 1. The zero-order valence-corrected chi connectivity index (χ0v) is 25.3. The number of allylic oxidation sites excluding steroid dienone is 2.